The molecule has 2 N–H and O–H groups in total. The number of pyridine rings is 2. The van der Waals surface area contributed by atoms with E-state index in [4.69, 9.17) is 4.74 Å². The van der Waals surface area contributed by atoms with Crippen LogP contribution in [-0.4, -0.2) is 34.1 Å². The van der Waals surface area contributed by atoms with Gasteiger partial charge in [-0.15, -0.1) is 0 Å². The monoisotopic (exact) mass is 336 g/mol. The van der Waals surface area contributed by atoms with Crippen molar-refractivity contribution < 1.29 is 9.53 Å². The number of ether oxygens (including phenoxy) is 1. The highest BCUT2D eigenvalue weighted by Crippen LogP contribution is 2.31. The predicted molar refractivity (Wildman–Crippen MR) is 96.2 cm³/mol. The third-order valence-corrected chi connectivity index (χ3v) is 4.76. The van der Waals surface area contributed by atoms with E-state index in [1.54, 1.807) is 19.5 Å². The Morgan fingerprint density at radius 3 is 2.88 bits per heavy atom. The lowest BCUT2D eigenvalue weighted by atomic mass is 9.81. The summed E-state index contributed by atoms with van der Waals surface area (Å²) >= 11 is 0. The van der Waals surface area contributed by atoms with Crippen molar-refractivity contribution in [2.45, 2.75) is 25.9 Å². The zero-order valence-corrected chi connectivity index (χ0v) is 14.2. The van der Waals surface area contributed by atoms with Crippen LogP contribution in [0.5, 0.6) is 0 Å². The SMILES string of the molecule is CO[C@H]1C[C@H](C(=O)Nc2cc3[nH]c(-c4ccnc(C)c4)cc3cn2)C1. The van der Waals surface area contributed by atoms with Gasteiger partial charge in [-0.2, -0.15) is 0 Å². The zero-order chi connectivity index (χ0) is 17.4. The molecule has 0 atom stereocenters. The summed E-state index contributed by atoms with van der Waals surface area (Å²) in [6, 6.07) is 7.93. The highest BCUT2D eigenvalue weighted by molar-refractivity contribution is 5.94. The second-order valence-corrected chi connectivity index (χ2v) is 6.54. The third kappa shape index (κ3) is 3.13. The summed E-state index contributed by atoms with van der Waals surface area (Å²) in [5.41, 5.74) is 4.00. The van der Waals surface area contributed by atoms with Crippen LogP contribution in [0.2, 0.25) is 0 Å². The Bertz CT molecular complexity index is 928. The number of anilines is 1. The van der Waals surface area contributed by atoms with E-state index in [9.17, 15) is 4.79 Å². The Balaban J connectivity index is 1.53. The first-order valence-corrected chi connectivity index (χ1v) is 8.38. The van der Waals surface area contributed by atoms with E-state index in [2.05, 4.69) is 26.3 Å². The average molecular weight is 336 g/mol. The van der Waals surface area contributed by atoms with Crippen molar-refractivity contribution in [2.75, 3.05) is 12.4 Å². The summed E-state index contributed by atoms with van der Waals surface area (Å²) in [6.07, 6.45) is 5.34. The van der Waals surface area contributed by atoms with Gasteiger partial charge in [-0.1, -0.05) is 0 Å². The summed E-state index contributed by atoms with van der Waals surface area (Å²) < 4.78 is 5.22. The van der Waals surface area contributed by atoms with Crippen LogP contribution in [0.1, 0.15) is 18.5 Å². The number of aromatic amines is 1. The van der Waals surface area contributed by atoms with Gasteiger partial charge in [0.25, 0.3) is 0 Å². The van der Waals surface area contributed by atoms with Crippen LogP contribution >= 0.6 is 0 Å². The molecule has 1 saturated carbocycles. The van der Waals surface area contributed by atoms with Crippen LogP contribution in [0.4, 0.5) is 5.82 Å². The summed E-state index contributed by atoms with van der Waals surface area (Å²) in [6.45, 7) is 1.97. The van der Waals surface area contributed by atoms with E-state index >= 15 is 0 Å². The van der Waals surface area contributed by atoms with Crippen molar-refractivity contribution in [3.63, 3.8) is 0 Å². The molecule has 0 radical (unpaired) electrons. The van der Waals surface area contributed by atoms with E-state index in [0.29, 0.717) is 5.82 Å². The molecule has 4 rings (SSSR count). The highest BCUT2D eigenvalue weighted by atomic mass is 16.5. The van der Waals surface area contributed by atoms with Crippen molar-refractivity contribution in [3.05, 3.63) is 42.4 Å². The molecule has 3 heterocycles. The number of H-pyrrole nitrogens is 1. The fourth-order valence-corrected chi connectivity index (χ4v) is 3.16. The molecule has 1 aliphatic rings. The molecule has 0 spiro atoms. The number of hydrogen-bond acceptors (Lipinski definition) is 4. The first-order chi connectivity index (χ1) is 12.1. The van der Waals surface area contributed by atoms with Gasteiger partial charge >= 0.3 is 0 Å². The van der Waals surface area contributed by atoms with E-state index in [0.717, 1.165) is 40.7 Å². The minimum atomic E-state index is 0.0108. The van der Waals surface area contributed by atoms with Gasteiger partial charge in [0, 0.05) is 53.8 Å². The minimum Gasteiger partial charge on any atom is -0.381 e. The topological polar surface area (TPSA) is 79.9 Å². The molecule has 0 aromatic carbocycles. The van der Waals surface area contributed by atoms with Crippen molar-refractivity contribution in [1.29, 1.82) is 0 Å². The summed E-state index contributed by atoms with van der Waals surface area (Å²) in [5, 5.41) is 3.91. The van der Waals surface area contributed by atoms with Gasteiger partial charge in [0.05, 0.1) is 11.6 Å². The molecule has 0 unspecified atom stereocenters. The predicted octanol–water partition coefficient (Wildman–Crippen LogP) is 3.30. The molecule has 6 heteroatoms. The van der Waals surface area contributed by atoms with Crippen LogP contribution in [0.15, 0.2) is 36.7 Å². The quantitative estimate of drug-likeness (QED) is 0.766. The van der Waals surface area contributed by atoms with Crippen LogP contribution in [0, 0.1) is 12.8 Å². The number of aromatic nitrogens is 3. The van der Waals surface area contributed by atoms with Crippen molar-refractivity contribution >= 4 is 22.6 Å². The van der Waals surface area contributed by atoms with Gasteiger partial charge in [-0.05, 0) is 38.0 Å². The summed E-state index contributed by atoms with van der Waals surface area (Å²) in [4.78, 5) is 24.2. The van der Waals surface area contributed by atoms with Crippen LogP contribution < -0.4 is 5.32 Å². The van der Waals surface area contributed by atoms with Crippen LogP contribution in [0.25, 0.3) is 22.2 Å². The van der Waals surface area contributed by atoms with Gasteiger partial charge in [0.15, 0.2) is 0 Å². The molecular formula is C19H20N4O2. The van der Waals surface area contributed by atoms with E-state index in [1.165, 1.54) is 0 Å². The van der Waals surface area contributed by atoms with E-state index in [1.807, 2.05) is 25.1 Å². The van der Waals surface area contributed by atoms with Gasteiger partial charge in [0.2, 0.25) is 5.91 Å². The molecule has 0 saturated heterocycles. The fourth-order valence-electron chi connectivity index (χ4n) is 3.16. The van der Waals surface area contributed by atoms with E-state index < -0.39 is 0 Å². The largest absolute Gasteiger partial charge is 0.381 e. The maximum Gasteiger partial charge on any atom is 0.228 e. The Hall–Kier alpha value is -2.73. The lowest BCUT2D eigenvalue weighted by Crippen LogP contribution is -2.38. The number of carbonyl (C=O) groups excluding carboxylic acids is 1. The number of methoxy groups -OCH3 is 1. The molecule has 1 amide bonds. The number of nitrogens with zero attached hydrogens (tertiary/aromatic N) is 2. The molecule has 3 aromatic heterocycles. The summed E-state index contributed by atoms with van der Waals surface area (Å²) in [7, 11) is 1.68. The van der Waals surface area contributed by atoms with Gasteiger partial charge in [-0.3, -0.25) is 9.78 Å². The number of amides is 1. The first kappa shape index (κ1) is 15.8. The Kier molecular flexibility index (Phi) is 3.97. The lowest BCUT2D eigenvalue weighted by Gasteiger charge is -2.32. The van der Waals surface area contributed by atoms with Crippen LogP contribution in [0.3, 0.4) is 0 Å². The number of aryl methyl sites for hydroxylation is 1. The second kappa shape index (κ2) is 6.29. The van der Waals surface area contributed by atoms with Crippen molar-refractivity contribution in [3.8, 4) is 11.3 Å². The molecular weight excluding hydrogens is 316 g/mol. The molecule has 1 aliphatic carbocycles. The van der Waals surface area contributed by atoms with Gasteiger partial charge in [-0.25, -0.2) is 4.98 Å². The fraction of sp³-hybridized carbons (Fsp3) is 0.316. The maximum atomic E-state index is 12.2. The minimum absolute atomic E-state index is 0.0108. The number of nitrogens with one attached hydrogen (secondary N) is 2. The molecule has 6 nitrogen and oxygen atoms in total. The third-order valence-electron chi connectivity index (χ3n) is 4.76. The number of rotatable bonds is 4. The van der Waals surface area contributed by atoms with Gasteiger partial charge < -0.3 is 15.0 Å². The molecule has 0 bridgehead atoms. The second-order valence-electron chi connectivity index (χ2n) is 6.54. The van der Waals surface area contributed by atoms with Crippen molar-refractivity contribution in [2.24, 2.45) is 5.92 Å². The number of carbonyl (C=O) groups is 1. The van der Waals surface area contributed by atoms with Crippen LogP contribution in [-0.2, 0) is 9.53 Å². The van der Waals surface area contributed by atoms with E-state index in [-0.39, 0.29) is 17.9 Å². The normalized spacial score (nSPS) is 19.6. The zero-order valence-electron chi connectivity index (χ0n) is 14.2. The Labute approximate surface area is 145 Å². The molecule has 3 aromatic rings. The molecule has 0 aliphatic heterocycles. The standard InChI is InChI=1S/C19H20N4O2/c1-11-5-12(3-4-20-11)16-8-14-10-21-18(9-17(14)22-16)23-19(24)13-6-15(7-13)25-2/h3-5,8-10,13,15,22H,6-7H2,1-2H3,(H,21,23,24)/t13-,15-. The Morgan fingerprint density at radius 1 is 1.28 bits per heavy atom. The van der Waals surface area contributed by atoms with Crippen molar-refractivity contribution in [1.82, 2.24) is 15.0 Å². The molecule has 1 fully saturated rings. The highest BCUT2D eigenvalue weighted by Gasteiger charge is 2.34. The lowest BCUT2D eigenvalue weighted by molar-refractivity contribution is -0.127. The molecule has 25 heavy (non-hydrogen) atoms. The summed E-state index contributed by atoms with van der Waals surface area (Å²) in [5.74, 6) is 0.593. The Morgan fingerprint density at radius 2 is 2.12 bits per heavy atom. The maximum absolute atomic E-state index is 12.2. The number of fused-ring (bicyclic) bond motifs is 1. The molecule has 128 valence electrons. The average Bonchev–Trinajstić information content (AvgIpc) is 2.97. The first-order valence-electron chi connectivity index (χ1n) is 8.38. The van der Waals surface area contributed by atoms with Gasteiger partial charge in [0.1, 0.15) is 5.82 Å². The smallest absolute Gasteiger partial charge is 0.228 e. The number of hydrogen-bond donors (Lipinski definition) is 2.